The van der Waals surface area contributed by atoms with E-state index in [0.29, 0.717) is 16.3 Å². The fourth-order valence-electron chi connectivity index (χ4n) is 2.87. The van der Waals surface area contributed by atoms with Crippen molar-refractivity contribution < 1.29 is 4.79 Å². The summed E-state index contributed by atoms with van der Waals surface area (Å²) in [6, 6.07) is 15.0. The average molecular weight is 408 g/mol. The molecular weight excluding hydrogens is 390 g/mol. The lowest BCUT2D eigenvalue weighted by Crippen LogP contribution is -2.02. The van der Waals surface area contributed by atoms with Gasteiger partial charge in [0.15, 0.2) is 5.78 Å². The van der Waals surface area contributed by atoms with Crippen LogP contribution in [0.4, 0.5) is 0 Å². The van der Waals surface area contributed by atoms with E-state index in [1.165, 1.54) is 22.9 Å². The van der Waals surface area contributed by atoms with E-state index in [2.05, 4.69) is 40.9 Å². The predicted molar refractivity (Wildman–Crippen MR) is 115 cm³/mol. The van der Waals surface area contributed by atoms with Crippen LogP contribution in [0.25, 0.3) is 22.4 Å². The van der Waals surface area contributed by atoms with Crippen LogP contribution < -0.4 is 0 Å². The molecule has 0 aliphatic rings. The Bertz CT molecular complexity index is 1110. The van der Waals surface area contributed by atoms with Gasteiger partial charge in [0.25, 0.3) is 0 Å². The Labute approximate surface area is 172 Å². The highest BCUT2D eigenvalue weighted by atomic mass is 35.5. The largest absolute Gasteiger partial charge is 0.338 e. The van der Waals surface area contributed by atoms with Crippen molar-refractivity contribution in [2.45, 2.75) is 18.9 Å². The molecule has 6 heteroatoms. The van der Waals surface area contributed by atoms with Crippen molar-refractivity contribution in [3.63, 3.8) is 0 Å². The number of thioether (sulfide) groups is 1. The van der Waals surface area contributed by atoms with E-state index in [9.17, 15) is 4.79 Å². The van der Waals surface area contributed by atoms with Gasteiger partial charge in [0.2, 0.25) is 0 Å². The second-order valence-electron chi connectivity index (χ2n) is 6.64. The number of hydrogen-bond acceptors (Lipinski definition) is 4. The van der Waals surface area contributed by atoms with E-state index in [1.807, 2.05) is 12.1 Å². The number of rotatable bonds is 5. The fourth-order valence-corrected chi connectivity index (χ4v) is 3.73. The number of pyridine rings is 1. The number of halogens is 1. The summed E-state index contributed by atoms with van der Waals surface area (Å²) in [6.45, 7) is 4.18. The molecule has 0 saturated heterocycles. The number of Topliss-reactive ketones (excluding diaryl/α,β-unsaturated/α-hetero) is 1. The van der Waals surface area contributed by atoms with E-state index in [0.717, 1.165) is 27.4 Å². The predicted octanol–water partition coefficient (Wildman–Crippen LogP) is 5.87. The highest BCUT2D eigenvalue weighted by Crippen LogP contribution is 2.24. The minimum atomic E-state index is 0.0515. The Balaban J connectivity index is 1.46. The van der Waals surface area contributed by atoms with Gasteiger partial charge in [-0.25, -0.2) is 9.97 Å². The fraction of sp³-hybridized carbons (Fsp3) is 0.136. The van der Waals surface area contributed by atoms with Crippen LogP contribution in [0, 0.1) is 13.8 Å². The Morgan fingerprint density at radius 1 is 1.07 bits per heavy atom. The first kappa shape index (κ1) is 18.7. The molecule has 28 heavy (non-hydrogen) atoms. The monoisotopic (exact) mass is 407 g/mol. The van der Waals surface area contributed by atoms with Gasteiger partial charge in [0.05, 0.1) is 21.8 Å². The van der Waals surface area contributed by atoms with Gasteiger partial charge in [-0.15, -0.1) is 0 Å². The van der Waals surface area contributed by atoms with Crippen LogP contribution in [0.1, 0.15) is 21.5 Å². The number of H-pyrrole nitrogens is 1. The summed E-state index contributed by atoms with van der Waals surface area (Å²) >= 11 is 7.28. The number of benzene rings is 2. The SMILES string of the molecule is Cc1cc2nc(-c3ccc(SCC(=O)c4ccc(Cl)cc4)nc3)[nH]c2cc1C. The molecule has 4 rings (SSSR count). The maximum Gasteiger partial charge on any atom is 0.173 e. The van der Waals surface area contributed by atoms with Crippen LogP contribution in [0.15, 0.2) is 59.8 Å². The van der Waals surface area contributed by atoms with Crippen LogP contribution in [0.5, 0.6) is 0 Å². The van der Waals surface area contributed by atoms with Gasteiger partial charge in [-0.3, -0.25) is 4.79 Å². The number of nitrogens with zero attached hydrogens (tertiary/aromatic N) is 2. The van der Waals surface area contributed by atoms with E-state index in [1.54, 1.807) is 30.5 Å². The molecule has 0 amide bonds. The number of carbonyl (C=O) groups is 1. The standard InChI is InChI=1S/C22H18ClN3OS/c1-13-9-18-19(10-14(13)2)26-22(25-18)16-5-8-21(24-11-16)28-12-20(27)15-3-6-17(23)7-4-15/h3-11H,12H2,1-2H3,(H,25,26). The molecule has 0 aliphatic heterocycles. The van der Waals surface area contributed by atoms with Crippen molar-refractivity contribution in [3.05, 3.63) is 76.4 Å². The summed E-state index contributed by atoms with van der Waals surface area (Å²) in [4.78, 5) is 24.8. The summed E-state index contributed by atoms with van der Waals surface area (Å²) in [7, 11) is 0. The minimum absolute atomic E-state index is 0.0515. The first-order chi connectivity index (χ1) is 13.5. The third-order valence-electron chi connectivity index (χ3n) is 4.62. The number of aryl methyl sites for hydroxylation is 2. The minimum Gasteiger partial charge on any atom is -0.338 e. The van der Waals surface area contributed by atoms with E-state index >= 15 is 0 Å². The van der Waals surface area contributed by atoms with Gasteiger partial charge >= 0.3 is 0 Å². The van der Waals surface area contributed by atoms with Crippen LogP contribution in [0.2, 0.25) is 5.02 Å². The van der Waals surface area contributed by atoms with Gasteiger partial charge in [-0.1, -0.05) is 23.4 Å². The van der Waals surface area contributed by atoms with Crippen molar-refractivity contribution >= 4 is 40.2 Å². The zero-order valence-electron chi connectivity index (χ0n) is 15.5. The molecule has 4 nitrogen and oxygen atoms in total. The molecule has 140 valence electrons. The Kier molecular flexibility index (Phi) is 5.20. The van der Waals surface area contributed by atoms with Crippen LogP contribution in [-0.2, 0) is 0 Å². The molecule has 2 aromatic heterocycles. The summed E-state index contributed by atoms with van der Waals surface area (Å²) < 4.78 is 0. The van der Waals surface area contributed by atoms with Crippen molar-refractivity contribution in [3.8, 4) is 11.4 Å². The summed E-state index contributed by atoms with van der Waals surface area (Å²) in [6.07, 6.45) is 1.78. The quantitative estimate of drug-likeness (QED) is 0.332. The topological polar surface area (TPSA) is 58.6 Å². The number of hydrogen-bond donors (Lipinski definition) is 1. The van der Waals surface area contributed by atoms with Crippen molar-refractivity contribution in [1.82, 2.24) is 15.0 Å². The van der Waals surface area contributed by atoms with E-state index < -0.39 is 0 Å². The number of imidazole rings is 1. The van der Waals surface area contributed by atoms with Crippen LogP contribution in [-0.4, -0.2) is 26.5 Å². The molecular formula is C22H18ClN3OS. The van der Waals surface area contributed by atoms with E-state index in [-0.39, 0.29) is 5.78 Å². The Morgan fingerprint density at radius 2 is 1.82 bits per heavy atom. The van der Waals surface area contributed by atoms with Gasteiger partial charge in [0, 0.05) is 22.3 Å². The maximum atomic E-state index is 12.3. The first-order valence-corrected chi connectivity index (χ1v) is 10.2. The molecule has 1 N–H and O–H groups in total. The Morgan fingerprint density at radius 3 is 2.54 bits per heavy atom. The van der Waals surface area contributed by atoms with Gasteiger partial charge in [-0.05, 0) is 73.5 Å². The number of ketones is 1. The highest BCUT2D eigenvalue weighted by molar-refractivity contribution is 7.99. The van der Waals surface area contributed by atoms with Crippen LogP contribution in [0.3, 0.4) is 0 Å². The second-order valence-corrected chi connectivity index (χ2v) is 8.07. The molecule has 2 aromatic carbocycles. The number of carbonyl (C=O) groups excluding carboxylic acids is 1. The number of nitrogens with one attached hydrogen (secondary N) is 1. The third-order valence-corrected chi connectivity index (χ3v) is 5.82. The second kappa shape index (κ2) is 7.78. The highest BCUT2D eigenvalue weighted by Gasteiger charge is 2.10. The first-order valence-electron chi connectivity index (χ1n) is 8.84. The van der Waals surface area contributed by atoms with Crippen molar-refractivity contribution in [1.29, 1.82) is 0 Å². The lowest BCUT2D eigenvalue weighted by Gasteiger charge is -2.02. The number of aromatic nitrogens is 3. The lowest BCUT2D eigenvalue weighted by molar-refractivity contribution is 0.102. The molecule has 0 unspecified atom stereocenters. The van der Waals surface area contributed by atoms with Crippen molar-refractivity contribution in [2.75, 3.05) is 5.75 Å². The molecule has 0 spiro atoms. The third kappa shape index (κ3) is 3.96. The maximum absolute atomic E-state index is 12.3. The molecule has 4 aromatic rings. The molecule has 0 aliphatic carbocycles. The van der Waals surface area contributed by atoms with Crippen molar-refractivity contribution in [2.24, 2.45) is 0 Å². The normalized spacial score (nSPS) is 11.1. The van der Waals surface area contributed by atoms with Gasteiger partial charge < -0.3 is 4.98 Å². The number of fused-ring (bicyclic) bond motifs is 1. The Hall–Kier alpha value is -2.63. The average Bonchev–Trinajstić information content (AvgIpc) is 3.10. The van der Waals surface area contributed by atoms with E-state index in [4.69, 9.17) is 11.6 Å². The molecule has 2 heterocycles. The van der Waals surface area contributed by atoms with Gasteiger partial charge in [-0.2, -0.15) is 0 Å². The zero-order chi connectivity index (χ0) is 19.7. The molecule has 0 atom stereocenters. The van der Waals surface area contributed by atoms with Crippen LogP contribution >= 0.6 is 23.4 Å². The smallest absolute Gasteiger partial charge is 0.173 e. The molecule has 0 bridgehead atoms. The number of aromatic amines is 1. The molecule has 0 saturated carbocycles. The van der Waals surface area contributed by atoms with Gasteiger partial charge in [0.1, 0.15) is 5.82 Å². The molecule has 0 radical (unpaired) electrons. The zero-order valence-corrected chi connectivity index (χ0v) is 17.1. The summed E-state index contributed by atoms with van der Waals surface area (Å²) in [5.41, 5.74) is 6.00. The molecule has 0 fully saturated rings. The lowest BCUT2D eigenvalue weighted by atomic mass is 10.1. The summed E-state index contributed by atoms with van der Waals surface area (Å²) in [5, 5.41) is 1.42. The summed E-state index contributed by atoms with van der Waals surface area (Å²) in [5.74, 6) is 1.17.